The molecule has 2 heterocycles. The first kappa shape index (κ1) is 16.7. The van der Waals surface area contributed by atoms with Crippen LogP contribution in [0.25, 0.3) is 10.4 Å². The van der Waals surface area contributed by atoms with E-state index in [0.717, 1.165) is 22.5 Å². The quantitative estimate of drug-likeness (QED) is 0.715. The highest BCUT2D eigenvalue weighted by Gasteiger charge is 2.18. The monoisotopic (exact) mass is 354 g/mol. The van der Waals surface area contributed by atoms with Gasteiger partial charge >= 0.3 is 12.1 Å². The number of carbonyl (C=O) groups is 2. The van der Waals surface area contributed by atoms with Crippen molar-refractivity contribution in [2.24, 2.45) is 0 Å². The fourth-order valence-corrected chi connectivity index (χ4v) is 3.11. The number of hydrogen-bond acceptors (Lipinski definition) is 5. The Labute approximate surface area is 147 Å². The van der Waals surface area contributed by atoms with Crippen LogP contribution in [0.3, 0.4) is 0 Å². The lowest BCUT2D eigenvalue weighted by atomic mass is 10.2. The molecule has 0 fully saturated rings. The van der Waals surface area contributed by atoms with E-state index in [1.807, 2.05) is 36.4 Å². The summed E-state index contributed by atoms with van der Waals surface area (Å²) in [5.41, 5.74) is 1.83. The van der Waals surface area contributed by atoms with Crippen molar-refractivity contribution in [3.63, 3.8) is 0 Å². The predicted octanol–water partition coefficient (Wildman–Crippen LogP) is 4.26. The van der Waals surface area contributed by atoms with Gasteiger partial charge in [-0.3, -0.25) is 10.3 Å². The third kappa shape index (κ3) is 4.21. The first-order chi connectivity index (χ1) is 12.1. The highest BCUT2D eigenvalue weighted by molar-refractivity contribution is 7.18. The Morgan fingerprint density at radius 2 is 1.96 bits per heavy atom. The summed E-state index contributed by atoms with van der Waals surface area (Å²) in [5.74, 6) is -1.11. The summed E-state index contributed by atoms with van der Waals surface area (Å²) in [6.45, 7) is 0.106. The highest BCUT2D eigenvalue weighted by atomic mass is 32.1. The zero-order valence-electron chi connectivity index (χ0n) is 13.0. The van der Waals surface area contributed by atoms with Gasteiger partial charge < -0.3 is 9.84 Å². The highest BCUT2D eigenvalue weighted by Crippen LogP contribution is 2.34. The second kappa shape index (κ2) is 7.59. The van der Waals surface area contributed by atoms with Gasteiger partial charge in [-0.25, -0.2) is 9.59 Å². The molecule has 6 nitrogen and oxygen atoms in total. The molecule has 0 aliphatic rings. The normalized spacial score (nSPS) is 10.2. The van der Waals surface area contributed by atoms with Crippen LogP contribution < -0.4 is 5.32 Å². The van der Waals surface area contributed by atoms with Crippen LogP contribution in [0.4, 0.5) is 10.5 Å². The van der Waals surface area contributed by atoms with E-state index in [4.69, 9.17) is 4.74 Å². The molecule has 2 aromatic heterocycles. The number of rotatable bonds is 5. The van der Waals surface area contributed by atoms with Crippen LogP contribution in [-0.2, 0) is 11.3 Å². The number of nitrogens with one attached hydrogen (secondary N) is 1. The topological polar surface area (TPSA) is 88.5 Å². The second-order valence-corrected chi connectivity index (χ2v) is 6.14. The van der Waals surface area contributed by atoms with Gasteiger partial charge in [0, 0.05) is 22.8 Å². The van der Waals surface area contributed by atoms with Crippen molar-refractivity contribution in [2.75, 3.05) is 5.32 Å². The summed E-state index contributed by atoms with van der Waals surface area (Å²) < 4.78 is 5.13. The number of benzene rings is 1. The molecule has 3 aromatic rings. The minimum absolute atomic E-state index is 0.0375. The maximum absolute atomic E-state index is 12.0. The third-order valence-electron chi connectivity index (χ3n) is 3.32. The Morgan fingerprint density at radius 1 is 1.16 bits per heavy atom. The summed E-state index contributed by atoms with van der Waals surface area (Å²) in [7, 11) is 0. The minimum atomic E-state index is -1.11. The lowest BCUT2D eigenvalue weighted by Gasteiger charge is -2.06. The largest absolute Gasteiger partial charge is 0.477 e. The van der Waals surface area contributed by atoms with Crippen molar-refractivity contribution < 1.29 is 19.4 Å². The van der Waals surface area contributed by atoms with E-state index in [2.05, 4.69) is 10.3 Å². The van der Waals surface area contributed by atoms with Crippen LogP contribution in [0.15, 0.2) is 60.9 Å². The van der Waals surface area contributed by atoms with E-state index in [0.29, 0.717) is 4.88 Å². The molecule has 0 radical (unpaired) electrons. The number of pyridine rings is 1. The van der Waals surface area contributed by atoms with E-state index >= 15 is 0 Å². The van der Waals surface area contributed by atoms with Gasteiger partial charge in [-0.2, -0.15) is 0 Å². The van der Waals surface area contributed by atoms with Crippen LogP contribution in [0, 0.1) is 0 Å². The Bertz CT molecular complexity index is 879. The fraction of sp³-hybridized carbons (Fsp3) is 0.0556. The number of aromatic nitrogens is 1. The molecule has 0 unspecified atom stereocenters. The molecule has 3 rings (SSSR count). The standard InChI is InChI=1S/C18H14N2O4S/c21-17(22)16-14(9-15(25-16)13-7-4-8-19-10-13)20-18(23)24-11-12-5-2-1-3-6-12/h1-10H,11H2,(H,20,23)(H,21,22). The maximum Gasteiger partial charge on any atom is 0.412 e. The first-order valence-electron chi connectivity index (χ1n) is 7.38. The molecule has 0 aliphatic heterocycles. The van der Waals surface area contributed by atoms with Crippen LogP contribution in [0.5, 0.6) is 0 Å². The predicted molar refractivity (Wildman–Crippen MR) is 94.8 cm³/mol. The van der Waals surface area contributed by atoms with E-state index < -0.39 is 12.1 Å². The van der Waals surface area contributed by atoms with Gasteiger partial charge in [0.2, 0.25) is 0 Å². The van der Waals surface area contributed by atoms with E-state index in [-0.39, 0.29) is 17.2 Å². The Morgan fingerprint density at radius 3 is 2.64 bits per heavy atom. The molecule has 25 heavy (non-hydrogen) atoms. The molecule has 2 N–H and O–H groups in total. The SMILES string of the molecule is O=C(Nc1cc(-c2cccnc2)sc1C(=O)O)OCc1ccccc1. The van der Waals surface area contributed by atoms with Gasteiger partial charge in [0.15, 0.2) is 0 Å². The zero-order valence-corrected chi connectivity index (χ0v) is 13.8. The van der Waals surface area contributed by atoms with Gasteiger partial charge in [0.1, 0.15) is 11.5 Å². The fourth-order valence-electron chi connectivity index (χ4n) is 2.16. The molecule has 7 heteroatoms. The summed E-state index contributed by atoms with van der Waals surface area (Å²) >= 11 is 1.07. The number of carbonyl (C=O) groups excluding carboxylic acids is 1. The van der Waals surface area contributed by atoms with Gasteiger partial charge in [0.05, 0.1) is 5.69 Å². The summed E-state index contributed by atoms with van der Waals surface area (Å²) in [6, 6.07) is 14.4. The molecule has 126 valence electrons. The second-order valence-electron chi connectivity index (χ2n) is 5.09. The van der Waals surface area contributed by atoms with Gasteiger partial charge in [-0.05, 0) is 17.7 Å². The maximum atomic E-state index is 12.0. The lowest BCUT2D eigenvalue weighted by Crippen LogP contribution is -2.14. The van der Waals surface area contributed by atoms with E-state index in [1.165, 1.54) is 0 Å². The van der Waals surface area contributed by atoms with Crippen LogP contribution in [0.1, 0.15) is 15.2 Å². The van der Waals surface area contributed by atoms with Gasteiger partial charge in [0.25, 0.3) is 0 Å². The molecular weight excluding hydrogens is 340 g/mol. The Hall–Kier alpha value is -3.19. The Balaban J connectivity index is 1.73. The van der Waals surface area contributed by atoms with Crippen molar-refractivity contribution in [3.05, 3.63) is 71.4 Å². The summed E-state index contributed by atoms with van der Waals surface area (Å²) in [4.78, 5) is 28.2. The number of carboxylic acids is 1. The molecule has 0 aliphatic carbocycles. The summed E-state index contributed by atoms with van der Waals surface area (Å²) in [5, 5.41) is 11.8. The van der Waals surface area contributed by atoms with Crippen molar-refractivity contribution in [3.8, 4) is 10.4 Å². The lowest BCUT2D eigenvalue weighted by molar-refractivity contribution is 0.0703. The number of carboxylic acid groups (broad SMARTS) is 1. The molecule has 0 atom stereocenters. The number of aromatic carboxylic acids is 1. The molecule has 1 amide bonds. The van der Waals surface area contributed by atoms with Crippen LogP contribution in [0.2, 0.25) is 0 Å². The van der Waals surface area contributed by atoms with E-state index in [1.54, 1.807) is 24.5 Å². The number of thiophene rings is 1. The van der Waals surface area contributed by atoms with Crippen molar-refractivity contribution in [1.82, 2.24) is 4.98 Å². The molecule has 1 aromatic carbocycles. The van der Waals surface area contributed by atoms with E-state index in [9.17, 15) is 14.7 Å². The van der Waals surface area contributed by atoms with Crippen molar-refractivity contribution >= 4 is 29.1 Å². The number of ether oxygens (including phenoxy) is 1. The van der Waals surface area contributed by atoms with Gasteiger partial charge in [-0.15, -0.1) is 11.3 Å². The number of anilines is 1. The Kier molecular flexibility index (Phi) is 5.06. The third-order valence-corrected chi connectivity index (χ3v) is 4.49. The average molecular weight is 354 g/mol. The smallest absolute Gasteiger partial charge is 0.412 e. The minimum Gasteiger partial charge on any atom is -0.477 e. The average Bonchev–Trinajstić information content (AvgIpc) is 3.06. The number of nitrogens with zero attached hydrogens (tertiary/aromatic N) is 1. The van der Waals surface area contributed by atoms with Gasteiger partial charge in [-0.1, -0.05) is 36.4 Å². The van der Waals surface area contributed by atoms with Crippen molar-refractivity contribution in [2.45, 2.75) is 6.61 Å². The molecule has 0 bridgehead atoms. The van der Waals surface area contributed by atoms with Crippen molar-refractivity contribution in [1.29, 1.82) is 0 Å². The number of hydrogen-bond donors (Lipinski definition) is 2. The summed E-state index contributed by atoms with van der Waals surface area (Å²) in [6.07, 6.45) is 2.56. The number of amides is 1. The van der Waals surface area contributed by atoms with Crippen LogP contribution >= 0.6 is 11.3 Å². The van der Waals surface area contributed by atoms with Crippen LogP contribution in [-0.4, -0.2) is 22.2 Å². The first-order valence-corrected chi connectivity index (χ1v) is 8.20. The zero-order chi connectivity index (χ0) is 17.6. The molecular formula is C18H14N2O4S. The molecule has 0 spiro atoms. The molecule has 0 saturated carbocycles. The molecule has 0 saturated heterocycles.